The Balaban J connectivity index is 2.39. The first-order valence-electron chi connectivity index (χ1n) is 7.26. The van der Waals surface area contributed by atoms with Crippen molar-refractivity contribution in [3.63, 3.8) is 0 Å². The van der Waals surface area contributed by atoms with Crippen LogP contribution in [0.15, 0.2) is 17.0 Å². The molecule has 1 aliphatic rings. The highest BCUT2D eigenvalue weighted by Gasteiger charge is 2.25. The minimum atomic E-state index is -3.50. The molecule has 1 fully saturated rings. The molecule has 0 radical (unpaired) electrons. The van der Waals surface area contributed by atoms with E-state index >= 15 is 0 Å². The molecular weight excluding hydrogens is 288 g/mol. The molecule has 118 valence electrons. The van der Waals surface area contributed by atoms with E-state index in [1.54, 1.807) is 26.2 Å². The van der Waals surface area contributed by atoms with Gasteiger partial charge in [0.25, 0.3) is 0 Å². The van der Waals surface area contributed by atoms with Crippen LogP contribution in [0.5, 0.6) is 5.75 Å². The summed E-state index contributed by atoms with van der Waals surface area (Å²) in [6, 6.07) is 3.51. The molecule has 0 spiro atoms. The van der Waals surface area contributed by atoms with Crippen molar-refractivity contribution in [2.24, 2.45) is 0 Å². The molecule has 2 N–H and O–H groups in total. The molecule has 1 atom stereocenters. The van der Waals surface area contributed by atoms with E-state index in [-0.39, 0.29) is 12.0 Å². The molecule has 0 amide bonds. The van der Waals surface area contributed by atoms with Crippen molar-refractivity contribution in [1.82, 2.24) is 10.0 Å². The van der Waals surface area contributed by atoms with Gasteiger partial charge in [-0.05, 0) is 49.1 Å². The third kappa shape index (κ3) is 3.56. The third-order valence-electron chi connectivity index (χ3n) is 3.82. The zero-order valence-electron chi connectivity index (χ0n) is 13.1. The van der Waals surface area contributed by atoms with E-state index in [4.69, 9.17) is 4.74 Å². The predicted molar refractivity (Wildman–Crippen MR) is 83.4 cm³/mol. The van der Waals surface area contributed by atoms with Crippen molar-refractivity contribution >= 4 is 10.0 Å². The Bertz CT molecular complexity index is 606. The molecule has 0 bridgehead atoms. The highest BCUT2D eigenvalue weighted by atomic mass is 32.2. The molecule has 1 aliphatic heterocycles. The summed E-state index contributed by atoms with van der Waals surface area (Å²) < 4.78 is 33.4. The molecule has 0 aliphatic carbocycles. The quantitative estimate of drug-likeness (QED) is 0.869. The van der Waals surface area contributed by atoms with Gasteiger partial charge in [0.15, 0.2) is 0 Å². The van der Waals surface area contributed by atoms with E-state index in [1.165, 1.54) is 0 Å². The minimum absolute atomic E-state index is 0.0287. The van der Waals surface area contributed by atoms with Gasteiger partial charge in [0.05, 0.1) is 12.0 Å². The number of rotatable bonds is 5. The van der Waals surface area contributed by atoms with Crippen molar-refractivity contribution in [2.45, 2.75) is 44.0 Å². The highest BCUT2D eigenvalue weighted by Crippen LogP contribution is 2.31. The average Bonchev–Trinajstić information content (AvgIpc) is 2.89. The van der Waals surface area contributed by atoms with Crippen LogP contribution in [0.2, 0.25) is 0 Å². The molecular formula is C15H24N2O3S. The smallest absolute Gasteiger partial charge is 0.241 e. The summed E-state index contributed by atoms with van der Waals surface area (Å²) in [7, 11) is -1.89. The molecule has 2 rings (SSSR count). The normalized spacial score (nSPS) is 19.2. The van der Waals surface area contributed by atoms with Crippen molar-refractivity contribution in [3.8, 4) is 5.75 Å². The number of methoxy groups -OCH3 is 1. The zero-order valence-corrected chi connectivity index (χ0v) is 13.9. The Kier molecular flexibility index (Phi) is 4.91. The number of ether oxygens (including phenoxy) is 1. The van der Waals surface area contributed by atoms with Gasteiger partial charge in [0.2, 0.25) is 10.0 Å². The second kappa shape index (κ2) is 6.34. The van der Waals surface area contributed by atoms with Gasteiger partial charge in [0.1, 0.15) is 5.75 Å². The number of nitrogens with one attached hydrogen (secondary N) is 2. The van der Waals surface area contributed by atoms with Crippen molar-refractivity contribution in [2.75, 3.05) is 20.2 Å². The lowest BCUT2D eigenvalue weighted by Gasteiger charge is -2.18. The summed E-state index contributed by atoms with van der Waals surface area (Å²) in [5, 5.41) is 3.16. The van der Waals surface area contributed by atoms with Crippen LogP contribution < -0.4 is 14.8 Å². The summed E-state index contributed by atoms with van der Waals surface area (Å²) in [6.45, 7) is 7.39. The molecule has 21 heavy (non-hydrogen) atoms. The Labute approximate surface area is 127 Å². The van der Waals surface area contributed by atoms with Gasteiger partial charge >= 0.3 is 0 Å². The largest absolute Gasteiger partial charge is 0.496 e. The topological polar surface area (TPSA) is 67.4 Å². The van der Waals surface area contributed by atoms with Crippen LogP contribution in [0, 0.1) is 6.92 Å². The lowest BCUT2D eigenvalue weighted by atomic mass is 10.0. The standard InChI is InChI=1S/C15H24N2O3S/c1-10(2)13-8-15(11(3)7-14(13)20-4)21(18,19)17-12-5-6-16-9-12/h7-8,10,12,16-17H,5-6,9H2,1-4H3. The van der Waals surface area contributed by atoms with Gasteiger partial charge < -0.3 is 10.1 Å². The Hall–Kier alpha value is -1.11. The van der Waals surface area contributed by atoms with Gasteiger partial charge in [-0.2, -0.15) is 0 Å². The maximum Gasteiger partial charge on any atom is 0.241 e. The van der Waals surface area contributed by atoms with E-state index in [0.717, 1.165) is 24.3 Å². The fourth-order valence-electron chi connectivity index (χ4n) is 2.63. The van der Waals surface area contributed by atoms with E-state index in [0.29, 0.717) is 17.0 Å². The zero-order chi connectivity index (χ0) is 15.6. The first kappa shape index (κ1) is 16.3. The molecule has 1 heterocycles. The molecule has 0 saturated carbocycles. The number of sulfonamides is 1. The van der Waals surface area contributed by atoms with E-state index < -0.39 is 10.0 Å². The first-order valence-corrected chi connectivity index (χ1v) is 8.75. The predicted octanol–water partition coefficient (Wildman–Crippen LogP) is 1.77. The monoisotopic (exact) mass is 312 g/mol. The average molecular weight is 312 g/mol. The van der Waals surface area contributed by atoms with Crippen LogP contribution in [0.3, 0.4) is 0 Å². The summed E-state index contributed by atoms with van der Waals surface area (Å²) in [4.78, 5) is 0.346. The van der Waals surface area contributed by atoms with E-state index in [2.05, 4.69) is 10.0 Å². The maximum absolute atomic E-state index is 12.6. The molecule has 5 nitrogen and oxygen atoms in total. The second-order valence-electron chi connectivity index (χ2n) is 5.83. The van der Waals surface area contributed by atoms with Crippen LogP contribution in [-0.4, -0.2) is 34.7 Å². The fourth-order valence-corrected chi connectivity index (χ4v) is 4.16. The van der Waals surface area contributed by atoms with Crippen molar-refractivity contribution in [3.05, 3.63) is 23.3 Å². The first-order chi connectivity index (χ1) is 9.85. The molecule has 1 aromatic rings. The fraction of sp³-hybridized carbons (Fsp3) is 0.600. The summed E-state index contributed by atoms with van der Waals surface area (Å²) in [5.74, 6) is 0.937. The molecule has 6 heteroatoms. The van der Waals surface area contributed by atoms with E-state index in [9.17, 15) is 8.42 Å². The van der Waals surface area contributed by atoms with Crippen LogP contribution in [0.1, 0.15) is 37.3 Å². The maximum atomic E-state index is 12.6. The number of hydrogen-bond acceptors (Lipinski definition) is 4. The number of hydrogen-bond donors (Lipinski definition) is 2. The van der Waals surface area contributed by atoms with Gasteiger partial charge in [-0.1, -0.05) is 13.8 Å². The lowest BCUT2D eigenvalue weighted by Crippen LogP contribution is -2.36. The van der Waals surface area contributed by atoms with Gasteiger partial charge in [-0.25, -0.2) is 13.1 Å². The molecule has 1 saturated heterocycles. The van der Waals surface area contributed by atoms with Gasteiger partial charge in [0, 0.05) is 12.6 Å². The van der Waals surface area contributed by atoms with Crippen molar-refractivity contribution < 1.29 is 13.2 Å². The van der Waals surface area contributed by atoms with Gasteiger partial charge in [-0.3, -0.25) is 0 Å². The number of benzene rings is 1. The Morgan fingerprint density at radius 1 is 1.38 bits per heavy atom. The molecule has 0 aromatic heterocycles. The van der Waals surface area contributed by atoms with Crippen LogP contribution in [0.25, 0.3) is 0 Å². The lowest BCUT2D eigenvalue weighted by molar-refractivity contribution is 0.406. The third-order valence-corrected chi connectivity index (χ3v) is 5.48. The molecule has 1 unspecified atom stereocenters. The summed E-state index contributed by atoms with van der Waals surface area (Å²) in [5.41, 5.74) is 1.61. The SMILES string of the molecule is COc1cc(C)c(S(=O)(=O)NC2CCNC2)cc1C(C)C. The molecule has 1 aromatic carbocycles. The van der Waals surface area contributed by atoms with Crippen LogP contribution >= 0.6 is 0 Å². The van der Waals surface area contributed by atoms with Gasteiger partial charge in [-0.15, -0.1) is 0 Å². The van der Waals surface area contributed by atoms with E-state index in [1.807, 2.05) is 13.8 Å². The highest BCUT2D eigenvalue weighted by molar-refractivity contribution is 7.89. The number of aryl methyl sites for hydroxylation is 1. The summed E-state index contributed by atoms with van der Waals surface area (Å²) >= 11 is 0. The van der Waals surface area contributed by atoms with Crippen LogP contribution in [-0.2, 0) is 10.0 Å². The summed E-state index contributed by atoms with van der Waals surface area (Å²) in [6.07, 6.45) is 0.825. The van der Waals surface area contributed by atoms with Crippen LogP contribution in [0.4, 0.5) is 0 Å². The minimum Gasteiger partial charge on any atom is -0.496 e. The Morgan fingerprint density at radius 3 is 2.62 bits per heavy atom. The van der Waals surface area contributed by atoms with Crippen molar-refractivity contribution in [1.29, 1.82) is 0 Å². The second-order valence-corrected chi connectivity index (χ2v) is 7.51. The Morgan fingerprint density at radius 2 is 2.10 bits per heavy atom.